The van der Waals surface area contributed by atoms with E-state index in [0.29, 0.717) is 5.56 Å². The van der Waals surface area contributed by atoms with E-state index in [0.717, 1.165) is 21.3 Å². The molecule has 0 radical (unpaired) electrons. The van der Waals surface area contributed by atoms with Gasteiger partial charge in [0.2, 0.25) is 0 Å². The van der Waals surface area contributed by atoms with E-state index in [-0.39, 0.29) is 23.7 Å². The lowest BCUT2D eigenvalue weighted by atomic mass is 10.1. The van der Waals surface area contributed by atoms with Crippen molar-refractivity contribution < 1.29 is 22.7 Å². The standard InChI is InChI=1S/C22H24N2O5S2/c1-4-29-20(26)12-24-18-11-15(2)10-16(3)21(18)30-22(24)23-19(25)14-31(27,28)13-17-8-6-5-7-9-17/h5-11H,4,12-14H2,1-3H3. The van der Waals surface area contributed by atoms with E-state index in [9.17, 15) is 18.0 Å². The number of hydrogen-bond donors (Lipinski definition) is 0. The van der Waals surface area contributed by atoms with Crippen molar-refractivity contribution in [3.63, 3.8) is 0 Å². The highest BCUT2D eigenvalue weighted by Gasteiger charge is 2.19. The molecule has 7 nitrogen and oxygen atoms in total. The smallest absolute Gasteiger partial charge is 0.326 e. The number of ether oxygens (including phenoxy) is 1. The predicted octanol–water partition coefficient (Wildman–Crippen LogP) is 2.93. The fourth-order valence-corrected chi connectivity index (χ4v) is 5.63. The molecule has 0 saturated carbocycles. The Hall–Kier alpha value is -2.78. The maximum Gasteiger partial charge on any atom is 0.326 e. The number of aromatic nitrogens is 1. The number of carbonyl (C=O) groups excluding carboxylic acids is 2. The lowest BCUT2D eigenvalue weighted by Gasteiger charge is -2.06. The fourth-order valence-electron chi connectivity index (χ4n) is 3.29. The zero-order valence-corrected chi connectivity index (χ0v) is 19.3. The highest BCUT2D eigenvalue weighted by atomic mass is 32.2. The molecule has 31 heavy (non-hydrogen) atoms. The minimum absolute atomic E-state index is 0.111. The van der Waals surface area contributed by atoms with E-state index < -0.39 is 27.5 Å². The number of rotatable bonds is 7. The summed E-state index contributed by atoms with van der Waals surface area (Å²) in [4.78, 5) is 29.0. The van der Waals surface area contributed by atoms with Crippen LogP contribution < -0.4 is 4.80 Å². The second-order valence-electron chi connectivity index (χ2n) is 7.23. The average Bonchev–Trinajstić information content (AvgIpc) is 2.99. The first-order valence-electron chi connectivity index (χ1n) is 9.76. The number of aryl methyl sites for hydroxylation is 2. The topological polar surface area (TPSA) is 94.8 Å². The number of amides is 1. The molecule has 9 heteroatoms. The number of esters is 1. The third-order valence-corrected chi connectivity index (χ3v) is 7.19. The number of thiazole rings is 1. The van der Waals surface area contributed by atoms with E-state index in [1.807, 2.05) is 26.0 Å². The van der Waals surface area contributed by atoms with Crippen LogP contribution in [0.2, 0.25) is 0 Å². The van der Waals surface area contributed by atoms with Crippen LogP contribution in [0.5, 0.6) is 0 Å². The third-order valence-electron chi connectivity index (χ3n) is 4.50. The normalized spacial score (nSPS) is 12.3. The van der Waals surface area contributed by atoms with Gasteiger partial charge in [-0.05, 0) is 43.5 Å². The molecule has 0 aliphatic carbocycles. The van der Waals surface area contributed by atoms with Crippen molar-refractivity contribution in [3.8, 4) is 0 Å². The van der Waals surface area contributed by atoms with Crippen molar-refractivity contribution in [2.24, 2.45) is 4.99 Å². The molecule has 0 atom stereocenters. The highest BCUT2D eigenvalue weighted by molar-refractivity contribution is 7.91. The first-order chi connectivity index (χ1) is 14.7. The summed E-state index contributed by atoms with van der Waals surface area (Å²) in [5, 5.41) is 0. The number of hydrogen-bond acceptors (Lipinski definition) is 6. The van der Waals surface area contributed by atoms with Gasteiger partial charge in [0.05, 0.1) is 22.6 Å². The van der Waals surface area contributed by atoms with Gasteiger partial charge in [0.25, 0.3) is 5.91 Å². The van der Waals surface area contributed by atoms with E-state index in [1.54, 1.807) is 41.8 Å². The maximum absolute atomic E-state index is 12.5. The molecular weight excluding hydrogens is 436 g/mol. The zero-order chi connectivity index (χ0) is 22.6. The molecule has 0 saturated heterocycles. The van der Waals surface area contributed by atoms with Gasteiger partial charge in [-0.25, -0.2) is 8.42 Å². The van der Waals surface area contributed by atoms with E-state index >= 15 is 0 Å². The number of nitrogens with zero attached hydrogens (tertiary/aromatic N) is 2. The van der Waals surface area contributed by atoms with Gasteiger partial charge in [-0.15, -0.1) is 0 Å². The summed E-state index contributed by atoms with van der Waals surface area (Å²) in [5.41, 5.74) is 3.36. The molecule has 3 rings (SSSR count). The van der Waals surface area contributed by atoms with Crippen molar-refractivity contribution in [1.29, 1.82) is 0 Å². The molecule has 0 aliphatic heterocycles. The molecule has 0 bridgehead atoms. The molecule has 0 unspecified atom stereocenters. The van der Waals surface area contributed by atoms with Gasteiger partial charge >= 0.3 is 5.97 Å². The van der Waals surface area contributed by atoms with Crippen molar-refractivity contribution in [2.75, 3.05) is 12.4 Å². The van der Waals surface area contributed by atoms with E-state index in [1.165, 1.54) is 11.3 Å². The first-order valence-corrected chi connectivity index (χ1v) is 12.4. The van der Waals surface area contributed by atoms with Crippen molar-refractivity contribution in [3.05, 3.63) is 64.0 Å². The third kappa shape index (κ3) is 5.89. The van der Waals surface area contributed by atoms with Gasteiger partial charge < -0.3 is 9.30 Å². The van der Waals surface area contributed by atoms with Gasteiger partial charge in [0.1, 0.15) is 12.3 Å². The van der Waals surface area contributed by atoms with Crippen LogP contribution >= 0.6 is 11.3 Å². The Morgan fingerprint density at radius 3 is 2.52 bits per heavy atom. The Bertz CT molecular complexity index is 1290. The Morgan fingerprint density at radius 1 is 1.13 bits per heavy atom. The van der Waals surface area contributed by atoms with Gasteiger partial charge in [-0.1, -0.05) is 47.7 Å². The molecule has 0 spiro atoms. The second-order valence-corrected chi connectivity index (χ2v) is 10.3. The van der Waals surface area contributed by atoms with Crippen LogP contribution in [0.25, 0.3) is 10.2 Å². The lowest BCUT2D eigenvalue weighted by Crippen LogP contribution is -2.25. The highest BCUT2D eigenvalue weighted by Crippen LogP contribution is 2.23. The van der Waals surface area contributed by atoms with Gasteiger partial charge in [0, 0.05) is 0 Å². The van der Waals surface area contributed by atoms with Crippen molar-refractivity contribution >= 4 is 43.3 Å². The van der Waals surface area contributed by atoms with Crippen LogP contribution in [0.15, 0.2) is 47.5 Å². The molecule has 1 aromatic heterocycles. The quantitative estimate of drug-likeness (QED) is 0.505. The summed E-state index contributed by atoms with van der Waals surface area (Å²) in [6.07, 6.45) is 0. The number of fused-ring (bicyclic) bond motifs is 1. The van der Waals surface area contributed by atoms with Crippen LogP contribution in [-0.4, -0.2) is 37.2 Å². The van der Waals surface area contributed by atoms with Gasteiger partial charge in [0.15, 0.2) is 14.6 Å². The van der Waals surface area contributed by atoms with Crippen LogP contribution in [0.3, 0.4) is 0 Å². The van der Waals surface area contributed by atoms with Gasteiger partial charge in [-0.3, -0.25) is 9.59 Å². The summed E-state index contributed by atoms with van der Waals surface area (Å²) < 4.78 is 32.5. The summed E-state index contributed by atoms with van der Waals surface area (Å²) in [6.45, 7) is 5.73. The first kappa shape index (κ1) is 22.9. The molecule has 164 valence electrons. The summed E-state index contributed by atoms with van der Waals surface area (Å²) >= 11 is 1.25. The lowest BCUT2D eigenvalue weighted by molar-refractivity contribution is -0.143. The minimum Gasteiger partial charge on any atom is -0.465 e. The SMILES string of the molecule is CCOC(=O)Cn1c(=NC(=O)CS(=O)(=O)Cc2ccccc2)sc2c(C)cc(C)cc21. The molecule has 0 fully saturated rings. The van der Waals surface area contributed by atoms with Crippen molar-refractivity contribution in [1.82, 2.24) is 4.57 Å². The van der Waals surface area contributed by atoms with Crippen LogP contribution in [0, 0.1) is 13.8 Å². The number of sulfone groups is 1. The summed E-state index contributed by atoms with van der Waals surface area (Å²) in [7, 11) is -3.68. The molecule has 0 aliphatic rings. The van der Waals surface area contributed by atoms with E-state index in [2.05, 4.69) is 4.99 Å². The largest absolute Gasteiger partial charge is 0.465 e. The predicted molar refractivity (Wildman–Crippen MR) is 120 cm³/mol. The summed E-state index contributed by atoms with van der Waals surface area (Å²) in [5.74, 6) is -2.16. The zero-order valence-electron chi connectivity index (χ0n) is 17.6. The summed E-state index contributed by atoms with van der Waals surface area (Å²) in [6, 6.07) is 12.6. The minimum atomic E-state index is -3.68. The fraction of sp³-hybridized carbons (Fsp3) is 0.318. The molecule has 1 amide bonds. The molecule has 2 aromatic carbocycles. The Labute approximate surface area is 184 Å². The molecule has 1 heterocycles. The van der Waals surface area contributed by atoms with Crippen molar-refractivity contribution in [2.45, 2.75) is 33.1 Å². The number of carbonyl (C=O) groups is 2. The molecular formula is C22H24N2O5S2. The average molecular weight is 461 g/mol. The molecule has 0 N–H and O–H groups in total. The van der Waals surface area contributed by atoms with Crippen LogP contribution in [0.4, 0.5) is 0 Å². The Kier molecular flexibility index (Phi) is 7.07. The van der Waals surface area contributed by atoms with E-state index in [4.69, 9.17) is 4.74 Å². The Balaban J connectivity index is 1.97. The monoisotopic (exact) mass is 460 g/mol. The van der Waals surface area contributed by atoms with Gasteiger partial charge in [-0.2, -0.15) is 4.99 Å². The number of benzene rings is 2. The Morgan fingerprint density at radius 2 is 1.84 bits per heavy atom. The van der Waals surface area contributed by atoms with Crippen LogP contribution in [-0.2, 0) is 36.5 Å². The molecule has 3 aromatic rings. The maximum atomic E-state index is 12.5. The second kappa shape index (κ2) is 9.57. The van der Waals surface area contributed by atoms with Crippen LogP contribution in [0.1, 0.15) is 23.6 Å².